The van der Waals surface area contributed by atoms with E-state index in [0.29, 0.717) is 12.4 Å². The van der Waals surface area contributed by atoms with Crippen LogP contribution in [0.5, 0.6) is 0 Å². The Kier molecular flexibility index (Phi) is 2.80. The van der Waals surface area contributed by atoms with Gasteiger partial charge in [0.15, 0.2) is 5.82 Å². The first-order valence-electron chi connectivity index (χ1n) is 5.15. The molecule has 0 aliphatic carbocycles. The molecule has 0 radical (unpaired) electrons. The molecular weight excluding hydrogens is 192 g/mol. The minimum absolute atomic E-state index is 0.607. The van der Waals surface area contributed by atoms with Crippen LogP contribution in [0.15, 0.2) is 16.9 Å². The van der Waals surface area contributed by atoms with Gasteiger partial charge in [-0.05, 0) is 0 Å². The van der Waals surface area contributed by atoms with Crippen molar-refractivity contribution in [1.82, 2.24) is 19.7 Å². The van der Waals surface area contributed by atoms with Crippen molar-refractivity contribution in [2.75, 3.05) is 0 Å². The molecule has 0 spiro atoms. The van der Waals surface area contributed by atoms with Gasteiger partial charge in [0, 0.05) is 25.2 Å². The van der Waals surface area contributed by atoms with E-state index in [1.54, 1.807) is 6.20 Å². The average molecular weight is 206 g/mol. The van der Waals surface area contributed by atoms with Gasteiger partial charge in [-0.15, -0.1) is 0 Å². The van der Waals surface area contributed by atoms with Crippen LogP contribution in [0.4, 0.5) is 0 Å². The van der Waals surface area contributed by atoms with E-state index in [2.05, 4.69) is 22.0 Å². The zero-order chi connectivity index (χ0) is 10.7. The van der Waals surface area contributed by atoms with E-state index in [9.17, 15) is 0 Å². The number of hydrogen-bond acceptors (Lipinski definition) is 4. The molecule has 0 saturated heterocycles. The lowest BCUT2D eigenvalue weighted by Gasteiger charge is -2.01. The summed E-state index contributed by atoms with van der Waals surface area (Å²) in [6.07, 6.45) is 5.42. The van der Waals surface area contributed by atoms with Crippen molar-refractivity contribution in [1.29, 1.82) is 0 Å². The van der Waals surface area contributed by atoms with Gasteiger partial charge >= 0.3 is 0 Å². The van der Waals surface area contributed by atoms with Crippen molar-refractivity contribution < 1.29 is 4.52 Å². The molecule has 15 heavy (non-hydrogen) atoms. The Morgan fingerprint density at radius 3 is 2.87 bits per heavy atom. The molecule has 0 bridgehead atoms. The van der Waals surface area contributed by atoms with E-state index < -0.39 is 0 Å². The number of rotatable bonds is 4. The van der Waals surface area contributed by atoms with Crippen LogP contribution in [-0.2, 0) is 19.4 Å². The Hall–Kier alpha value is -1.65. The summed E-state index contributed by atoms with van der Waals surface area (Å²) in [7, 11) is 0. The van der Waals surface area contributed by atoms with Gasteiger partial charge in [0.05, 0.1) is 0 Å². The minimum Gasteiger partial charge on any atom is -0.337 e. The maximum absolute atomic E-state index is 5.12. The summed E-state index contributed by atoms with van der Waals surface area (Å²) in [5, 5.41) is 3.85. The molecule has 0 amide bonds. The molecule has 0 aromatic carbocycles. The number of nitrogens with zero attached hydrogens (tertiary/aromatic N) is 4. The summed E-state index contributed by atoms with van der Waals surface area (Å²) >= 11 is 0. The summed E-state index contributed by atoms with van der Waals surface area (Å²) in [5.41, 5.74) is 0. The quantitative estimate of drug-likeness (QED) is 0.759. The Morgan fingerprint density at radius 2 is 2.20 bits per heavy atom. The van der Waals surface area contributed by atoms with Crippen LogP contribution in [0.3, 0.4) is 0 Å². The molecule has 0 fully saturated rings. The molecule has 0 atom stereocenters. The maximum atomic E-state index is 5.12. The first-order chi connectivity index (χ1) is 7.33. The molecule has 2 rings (SSSR count). The molecule has 5 heteroatoms. The zero-order valence-corrected chi connectivity index (χ0v) is 8.97. The van der Waals surface area contributed by atoms with Crippen LogP contribution < -0.4 is 0 Å². The average Bonchev–Trinajstić information content (AvgIpc) is 2.87. The largest absolute Gasteiger partial charge is 0.337 e. The van der Waals surface area contributed by atoms with E-state index >= 15 is 0 Å². The van der Waals surface area contributed by atoms with E-state index in [1.165, 1.54) is 0 Å². The molecule has 5 nitrogen and oxygen atoms in total. The van der Waals surface area contributed by atoms with E-state index in [4.69, 9.17) is 4.52 Å². The summed E-state index contributed by atoms with van der Waals surface area (Å²) in [6.45, 7) is 4.68. The first kappa shape index (κ1) is 9.89. The molecule has 2 aromatic heterocycles. The Bertz CT molecular complexity index is 432. The van der Waals surface area contributed by atoms with Gasteiger partial charge in [0.25, 0.3) is 0 Å². The summed E-state index contributed by atoms with van der Waals surface area (Å²) in [5.74, 6) is 2.42. The second-order valence-electron chi connectivity index (χ2n) is 3.28. The van der Waals surface area contributed by atoms with Crippen LogP contribution >= 0.6 is 0 Å². The highest BCUT2D eigenvalue weighted by Gasteiger charge is 2.07. The topological polar surface area (TPSA) is 56.7 Å². The van der Waals surface area contributed by atoms with Gasteiger partial charge in [-0.25, -0.2) is 4.98 Å². The highest BCUT2D eigenvalue weighted by Crippen LogP contribution is 2.04. The van der Waals surface area contributed by atoms with Crippen molar-refractivity contribution >= 4 is 0 Å². The van der Waals surface area contributed by atoms with Crippen molar-refractivity contribution in [3.63, 3.8) is 0 Å². The molecule has 0 aliphatic rings. The highest BCUT2D eigenvalue weighted by molar-refractivity contribution is 4.96. The van der Waals surface area contributed by atoms with E-state index in [1.807, 2.05) is 17.7 Å². The Labute approximate surface area is 88.1 Å². The summed E-state index contributed by atoms with van der Waals surface area (Å²) < 4.78 is 7.14. The van der Waals surface area contributed by atoms with Gasteiger partial charge in [-0.3, -0.25) is 0 Å². The first-order valence-corrected chi connectivity index (χ1v) is 5.15. The monoisotopic (exact) mass is 206 g/mol. The van der Waals surface area contributed by atoms with Crippen LogP contribution in [0.1, 0.15) is 31.4 Å². The lowest BCUT2D eigenvalue weighted by Crippen LogP contribution is -2.03. The Morgan fingerprint density at radius 1 is 1.33 bits per heavy atom. The van der Waals surface area contributed by atoms with Crippen LogP contribution in [-0.4, -0.2) is 19.7 Å². The van der Waals surface area contributed by atoms with Crippen LogP contribution in [0.2, 0.25) is 0 Å². The second-order valence-corrected chi connectivity index (χ2v) is 3.28. The molecule has 0 N–H and O–H groups in total. The zero-order valence-electron chi connectivity index (χ0n) is 8.97. The van der Waals surface area contributed by atoms with Crippen LogP contribution in [0, 0.1) is 0 Å². The lowest BCUT2D eigenvalue weighted by molar-refractivity contribution is 0.365. The normalized spacial score (nSPS) is 10.8. The number of hydrogen-bond donors (Lipinski definition) is 0. The molecule has 80 valence electrons. The molecular formula is C10H14N4O. The van der Waals surface area contributed by atoms with Crippen molar-refractivity contribution in [2.45, 2.75) is 33.2 Å². The number of aromatic nitrogens is 4. The van der Waals surface area contributed by atoms with E-state index in [0.717, 1.165) is 24.5 Å². The van der Waals surface area contributed by atoms with Crippen molar-refractivity contribution in [2.24, 2.45) is 0 Å². The standard InChI is InChI=1S/C10H14N4O/c1-3-8-12-10(15-13-8)7-14-6-5-11-9(14)4-2/h5-6H,3-4,7H2,1-2H3. The van der Waals surface area contributed by atoms with Gasteiger partial charge in [0.1, 0.15) is 12.4 Å². The fourth-order valence-corrected chi connectivity index (χ4v) is 1.44. The van der Waals surface area contributed by atoms with Gasteiger partial charge < -0.3 is 9.09 Å². The SMILES string of the molecule is CCc1noc(Cn2ccnc2CC)n1. The molecule has 2 aromatic rings. The minimum atomic E-state index is 0.607. The molecule has 2 heterocycles. The smallest absolute Gasteiger partial charge is 0.246 e. The van der Waals surface area contributed by atoms with E-state index in [-0.39, 0.29) is 0 Å². The third-order valence-electron chi connectivity index (χ3n) is 2.25. The van der Waals surface area contributed by atoms with Crippen molar-refractivity contribution in [3.05, 3.63) is 29.9 Å². The fraction of sp³-hybridized carbons (Fsp3) is 0.500. The molecule has 0 aliphatic heterocycles. The number of imidazole rings is 1. The number of aryl methyl sites for hydroxylation is 2. The van der Waals surface area contributed by atoms with Gasteiger partial charge in [-0.1, -0.05) is 19.0 Å². The predicted octanol–water partition coefficient (Wildman–Crippen LogP) is 1.44. The van der Waals surface area contributed by atoms with Gasteiger partial charge in [-0.2, -0.15) is 4.98 Å². The second kappa shape index (κ2) is 4.25. The summed E-state index contributed by atoms with van der Waals surface area (Å²) in [4.78, 5) is 8.48. The fourth-order valence-electron chi connectivity index (χ4n) is 1.44. The molecule has 0 saturated carbocycles. The highest BCUT2D eigenvalue weighted by atomic mass is 16.5. The van der Waals surface area contributed by atoms with Crippen molar-refractivity contribution in [3.8, 4) is 0 Å². The van der Waals surface area contributed by atoms with Crippen LogP contribution in [0.25, 0.3) is 0 Å². The maximum Gasteiger partial charge on any atom is 0.246 e. The predicted molar refractivity (Wildman–Crippen MR) is 54.4 cm³/mol. The summed E-state index contributed by atoms with van der Waals surface area (Å²) in [6, 6.07) is 0. The third-order valence-corrected chi connectivity index (χ3v) is 2.25. The third kappa shape index (κ3) is 2.06. The lowest BCUT2D eigenvalue weighted by atomic mass is 10.4. The van der Waals surface area contributed by atoms with Gasteiger partial charge in [0.2, 0.25) is 5.89 Å². The Balaban J connectivity index is 2.14. The molecule has 0 unspecified atom stereocenters.